The third kappa shape index (κ3) is 3.39. The van der Waals surface area contributed by atoms with E-state index in [9.17, 15) is 9.00 Å². The number of Topliss-reactive ketones (excluding diaryl/α,β-unsaturated/α-hetero) is 1. The topological polar surface area (TPSA) is 34.1 Å². The van der Waals surface area contributed by atoms with Gasteiger partial charge in [0.05, 0.1) is 21.4 Å². The molecule has 4 heteroatoms. The first-order chi connectivity index (χ1) is 9.11. The van der Waals surface area contributed by atoms with Crippen molar-refractivity contribution in [1.82, 2.24) is 0 Å². The number of rotatable bonds is 5. The van der Waals surface area contributed by atoms with E-state index < -0.39 is 10.8 Å². The Bertz CT molecular complexity index is 614. The average Bonchev–Trinajstić information content (AvgIpc) is 2.88. The summed E-state index contributed by atoms with van der Waals surface area (Å²) in [6, 6.07) is 11.3. The summed E-state index contributed by atoms with van der Waals surface area (Å²) < 4.78 is 12.2. The Labute approximate surface area is 119 Å². The zero-order valence-electron chi connectivity index (χ0n) is 11.0. The molecule has 1 aromatic carbocycles. The number of thiophene rings is 1. The molecule has 0 aliphatic heterocycles. The van der Waals surface area contributed by atoms with Gasteiger partial charge in [0, 0.05) is 9.77 Å². The van der Waals surface area contributed by atoms with E-state index >= 15 is 0 Å². The van der Waals surface area contributed by atoms with Crippen molar-refractivity contribution >= 4 is 27.9 Å². The average molecular weight is 292 g/mol. The fraction of sp³-hybridized carbons (Fsp3) is 0.267. The summed E-state index contributed by atoms with van der Waals surface area (Å²) in [5.74, 6) is 0.0282. The molecule has 2 nitrogen and oxygen atoms in total. The number of carbonyl (C=O) groups excluding carboxylic acids is 1. The Balaban J connectivity index is 2.11. The first-order valence-electron chi connectivity index (χ1n) is 6.17. The summed E-state index contributed by atoms with van der Waals surface area (Å²) in [7, 11) is -1.26. The first-order valence-corrected chi connectivity index (χ1v) is 8.31. The van der Waals surface area contributed by atoms with Crippen LogP contribution in [0.25, 0.3) is 0 Å². The van der Waals surface area contributed by atoms with Crippen molar-refractivity contribution in [1.29, 1.82) is 0 Å². The summed E-state index contributed by atoms with van der Waals surface area (Å²) in [5.41, 5.74) is 0.967. The Kier molecular flexibility index (Phi) is 4.66. The van der Waals surface area contributed by atoms with Crippen LogP contribution in [0, 0.1) is 6.92 Å². The predicted molar refractivity (Wildman–Crippen MR) is 80.5 cm³/mol. The molecule has 0 saturated carbocycles. The molecule has 0 fully saturated rings. The van der Waals surface area contributed by atoms with Crippen molar-refractivity contribution in [3.8, 4) is 0 Å². The molecule has 1 aromatic heterocycles. The quantitative estimate of drug-likeness (QED) is 0.789. The molecule has 0 bridgehead atoms. The molecule has 1 heterocycles. The lowest BCUT2D eigenvalue weighted by atomic mass is 10.2. The van der Waals surface area contributed by atoms with Crippen LogP contribution < -0.4 is 0 Å². The minimum Gasteiger partial charge on any atom is -0.292 e. The van der Waals surface area contributed by atoms with Gasteiger partial charge in [0.1, 0.15) is 0 Å². The second-order valence-corrected chi connectivity index (χ2v) is 6.89. The lowest BCUT2D eigenvalue weighted by Crippen LogP contribution is -2.10. The molecule has 100 valence electrons. The summed E-state index contributed by atoms with van der Waals surface area (Å²) in [4.78, 5) is 14.7. The van der Waals surface area contributed by atoms with Crippen LogP contribution in [0.1, 0.15) is 27.0 Å². The van der Waals surface area contributed by atoms with Gasteiger partial charge in [-0.1, -0.05) is 25.1 Å². The van der Waals surface area contributed by atoms with Gasteiger partial charge in [0.2, 0.25) is 0 Å². The highest BCUT2D eigenvalue weighted by molar-refractivity contribution is 7.85. The molecule has 0 spiro atoms. The van der Waals surface area contributed by atoms with Gasteiger partial charge < -0.3 is 0 Å². The Hall–Kier alpha value is -1.26. The van der Waals surface area contributed by atoms with Crippen molar-refractivity contribution < 1.29 is 9.00 Å². The summed E-state index contributed by atoms with van der Waals surface area (Å²) in [6.45, 7) is 3.98. The molecule has 0 N–H and O–H groups in total. The van der Waals surface area contributed by atoms with Gasteiger partial charge in [-0.25, -0.2) is 0 Å². The molecule has 0 aliphatic rings. The zero-order chi connectivity index (χ0) is 13.8. The van der Waals surface area contributed by atoms with E-state index in [-0.39, 0.29) is 11.5 Å². The van der Waals surface area contributed by atoms with Gasteiger partial charge >= 0.3 is 0 Å². The number of hydrogen-bond donors (Lipinski definition) is 0. The standard InChI is InChI=1S/C15H16O2S2/c1-3-12-8-9-14(18-12)13(16)10-19(17)15-7-5-4-6-11(15)2/h4-9H,3,10H2,1-2H3. The Morgan fingerprint density at radius 3 is 2.58 bits per heavy atom. The van der Waals surface area contributed by atoms with Crippen molar-refractivity contribution in [2.45, 2.75) is 25.2 Å². The third-order valence-electron chi connectivity index (χ3n) is 2.89. The maximum Gasteiger partial charge on any atom is 0.185 e. The van der Waals surface area contributed by atoms with Crippen LogP contribution in [0.2, 0.25) is 0 Å². The normalized spacial score (nSPS) is 12.3. The van der Waals surface area contributed by atoms with Crippen LogP contribution >= 0.6 is 11.3 Å². The molecule has 1 unspecified atom stereocenters. The number of ketones is 1. The first kappa shape index (κ1) is 14.2. The lowest BCUT2D eigenvalue weighted by molar-refractivity contribution is 0.102. The molecular formula is C15H16O2S2. The SMILES string of the molecule is CCc1ccc(C(=O)CS(=O)c2ccccc2C)s1. The predicted octanol–water partition coefficient (Wildman–Crippen LogP) is 3.61. The summed E-state index contributed by atoms with van der Waals surface area (Å²) in [5, 5.41) is 0. The van der Waals surface area contributed by atoms with Crippen LogP contribution in [-0.4, -0.2) is 15.7 Å². The van der Waals surface area contributed by atoms with Crippen LogP contribution in [0.3, 0.4) is 0 Å². The van der Waals surface area contributed by atoms with E-state index in [1.165, 1.54) is 16.2 Å². The minimum atomic E-state index is -1.26. The fourth-order valence-corrected chi connectivity index (χ4v) is 3.98. The molecule has 0 radical (unpaired) electrons. The molecule has 2 aromatic rings. The van der Waals surface area contributed by atoms with Crippen LogP contribution in [-0.2, 0) is 17.2 Å². The number of aryl methyl sites for hydroxylation is 2. The summed E-state index contributed by atoms with van der Waals surface area (Å²) >= 11 is 1.50. The molecule has 1 atom stereocenters. The van der Waals surface area contributed by atoms with Gasteiger partial charge in [-0.3, -0.25) is 9.00 Å². The lowest BCUT2D eigenvalue weighted by Gasteiger charge is -2.04. The molecule has 19 heavy (non-hydrogen) atoms. The van der Waals surface area contributed by atoms with Gasteiger partial charge in [-0.2, -0.15) is 0 Å². The molecular weight excluding hydrogens is 276 g/mol. The van der Waals surface area contributed by atoms with Crippen molar-refractivity contribution in [2.75, 3.05) is 5.75 Å². The van der Waals surface area contributed by atoms with E-state index in [2.05, 4.69) is 6.92 Å². The third-order valence-corrected chi connectivity index (χ3v) is 5.63. The van der Waals surface area contributed by atoms with Gasteiger partial charge in [0.25, 0.3) is 0 Å². The number of hydrogen-bond acceptors (Lipinski definition) is 3. The highest BCUT2D eigenvalue weighted by Crippen LogP contribution is 2.19. The second kappa shape index (κ2) is 6.26. The molecule has 0 saturated heterocycles. The minimum absolute atomic E-state index is 0.0358. The van der Waals surface area contributed by atoms with Crippen molar-refractivity contribution in [2.24, 2.45) is 0 Å². The monoisotopic (exact) mass is 292 g/mol. The van der Waals surface area contributed by atoms with Crippen molar-refractivity contribution in [3.63, 3.8) is 0 Å². The van der Waals surface area contributed by atoms with E-state index in [1.54, 1.807) is 0 Å². The van der Waals surface area contributed by atoms with Gasteiger partial charge in [0.15, 0.2) is 5.78 Å². The molecule has 0 aliphatic carbocycles. The van der Waals surface area contributed by atoms with E-state index in [1.807, 2.05) is 43.3 Å². The van der Waals surface area contributed by atoms with Gasteiger partial charge in [-0.05, 0) is 37.1 Å². The van der Waals surface area contributed by atoms with Crippen molar-refractivity contribution in [3.05, 3.63) is 51.7 Å². The van der Waals surface area contributed by atoms with Crippen LogP contribution in [0.15, 0.2) is 41.3 Å². The Morgan fingerprint density at radius 1 is 1.21 bits per heavy atom. The highest BCUT2D eigenvalue weighted by Gasteiger charge is 2.15. The largest absolute Gasteiger partial charge is 0.292 e. The highest BCUT2D eigenvalue weighted by atomic mass is 32.2. The van der Waals surface area contributed by atoms with Crippen LogP contribution in [0.5, 0.6) is 0 Å². The van der Waals surface area contributed by atoms with Crippen LogP contribution in [0.4, 0.5) is 0 Å². The van der Waals surface area contributed by atoms with Gasteiger partial charge in [-0.15, -0.1) is 11.3 Å². The number of carbonyl (C=O) groups is 1. The van der Waals surface area contributed by atoms with E-state index in [0.717, 1.165) is 16.9 Å². The maximum atomic E-state index is 12.2. The summed E-state index contributed by atoms with van der Waals surface area (Å²) in [6.07, 6.45) is 0.929. The van der Waals surface area contributed by atoms with E-state index in [0.29, 0.717) is 4.88 Å². The maximum absolute atomic E-state index is 12.2. The van der Waals surface area contributed by atoms with E-state index in [4.69, 9.17) is 0 Å². The fourth-order valence-electron chi connectivity index (χ4n) is 1.80. The zero-order valence-corrected chi connectivity index (χ0v) is 12.6. The second-order valence-electron chi connectivity index (χ2n) is 4.30. The molecule has 0 amide bonds. The Morgan fingerprint density at radius 2 is 1.95 bits per heavy atom. The smallest absolute Gasteiger partial charge is 0.185 e. The number of benzene rings is 1. The molecule has 2 rings (SSSR count).